The summed E-state index contributed by atoms with van der Waals surface area (Å²) in [5.41, 5.74) is 2.27. The van der Waals surface area contributed by atoms with Crippen LogP contribution < -0.4 is 0 Å². The van der Waals surface area contributed by atoms with E-state index in [9.17, 15) is 0 Å². The van der Waals surface area contributed by atoms with Gasteiger partial charge in [0, 0.05) is 12.7 Å². The molecule has 0 aliphatic carbocycles. The van der Waals surface area contributed by atoms with E-state index in [4.69, 9.17) is 9.47 Å². The van der Waals surface area contributed by atoms with E-state index in [0.29, 0.717) is 13.2 Å². The van der Waals surface area contributed by atoms with E-state index in [2.05, 4.69) is 13.0 Å². The van der Waals surface area contributed by atoms with Crippen molar-refractivity contribution in [3.8, 4) is 0 Å². The molecule has 0 N–H and O–H groups in total. The van der Waals surface area contributed by atoms with E-state index in [1.54, 1.807) is 7.11 Å². The van der Waals surface area contributed by atoms with Gasteiger partial charge in [-0.3, -0.25) is 0 Å². The van der Waals surface area contributed by atoms with Crippen LogP contribution in [0.3, 0.4) is 0 Å². The van der Waals surface area contributed by atoms with Crippen molar-refractivity contribution in [1.82, 2.24) is 0 Å². The van der Waals surface area contributed by atoms with Crippen LogP contribution in [0.1, 0.15) is 27.7 Å². The van der Waals surface area contributed by atoms with Crippen molar-refractivity contribution in [2.45, 2.75) is 27.7 Å². The van der Waals surface area contributed by atoms with Crippen molar-refractivity contribution in [1.29, 1.82) is 0 Å². The molecule has 15 heavy (non-hydrogen) atoms. The Bertz CT molecular complexity index is 260. The maximum absolute atomic E-state index is 5.59. The lowest BCUT2D eigenvalue weighted by Crippen LogP contribution is -2.02. The lowest BCUT2D eigenvalue weighted by atomic mass is 10.1. The highest BCUT2D eigenvalue weighted by atomic mass is 16.5. The SMILES string of the molecule is CC=C(C)C=C(OCC)C(=CC)COC. The van der Waals surface area contributed by atoms with Crippen molar-refractivity contribution in [2.24, 2.45) is 0 Å². The van der Waals surface area contributed by atoms with Gasteiger partial charge < -0.3 is 9.47 Å². The third-order valence-electron chi connectivity index (χ3n) is 2.08. The van der Waals surface area contributed by atoms with Crippen LogP contribution in [-0.4, -0.2) is 20.3 Å². The Morgan fingerprint density at radius 3 is 2.27 bits per heavy atom. The number of hydrogen-bond acceptors (Lipinski definition) is 2. The number of hydrogen-bond donors (Lipinski definition) is 0. The lowest BCUT2D eigenvalue weighted by molar-refractivity contribution is 0.197. The zero-order valence-corrected chi connectivity index (χ0v) is 10.5. The summed E-state index contributed by atoms with van der Waals surface area (Å²) in [6, 6.07) is 0. The van der Waals surface area contributed by atoms with Crippen molar-refractivity contribution < 1.29 is 9.47 Å². The number of allylic oxidation sites excluding steroid dienone is 4. The van der Waals surface area contributed by atoms with Crippen LogP contribution in [0.15, 0.2) is 35.1 Å². The second kappa shape index (κ2) is 8.30. The zero-order valence-electron chi connectivity index (χ0n) is 10.5. The first-order chi connectivity index (χ1) is 7.19. The molecule has 0 atom stereocenters. The molecular formula is C13H22O2. The van der Waals surface area contributed by atoms with Crippen LogP contribution in [0.4, 0.5) is 0 Å². The molecule has 0 radical (unpaired) electrons. The summed E-state index contributed by atoms with van der Waals surface area (Å²) in [6.45, 7) is 9.30. The molecule has 0 saturated heterocycles. The maximum atomic E-state index is 5.59. The molecule has 0 unspecified atom stereocenters. The highest BCUT2D eigenvalue weighted by molar-refractivity contribution is 5.32. The molecule has 0 aromatic carbocycles. The van der Waals surface area contributed by atoms with Gasteiger partial charge >= 0.3 is 0 Å². The van der Waals surface area contributed by atoms with E-state index in [1.807, 2.05) is 32.9 Å². The van der Waals surface area contributed by atoms with Crippen LogP contribution in [0.2, 0.25) is 0 Å². The third-order valence-corrected chi connectivity index (χ3v) is 2.08. The fraction of sp³-hybridized carbons (Fsp3) is 0.538. The topological polar surface area (TPSA) is 18.5 Å². The molecule has 0 amide bonds. The van der Waals surface area contributed by atoms with Crippen LogP contribution >= 0.6 is 0 Å². The Kier molecular flexibility index (Phi) is 7.74. The van der Waals surface area contributed by atoms with Crippen LogP contribution in [0.25, 0.3) is 0 Å². The van der Waals surface area contributed by atoms with Crippen molar-refractivity contribution in [2.75, 3.05) is 20.3 Å². The molecule has 0 aliphatic heterocycles. The Morgan fingerprint density at radius 2 is 1.87 bits per heavy atom. The molecule has 0 aromatic rings. The second-order valence-electron chi connectivity index (χ2n) is 3.22. The molecule has 0 spiro atoms. The van der Waals surface area contributed by atoms with Crippen LogP contribution in [-0.2, 0) is 9.47 Å². The van der Waals surface area contributed by atoms with E-state index >= 15 is 0 Å². The fourth-order valence-corrected chi connectivity index (χ4v) is 1.12. The van der Waals surface area contributed by atoms with E-state index < -0.39 is 0 Å². The fourth-order valence-electron chi connectivity index (χ4n) is 1.12. The van der Waals surface area contributed by atoms with E-state index in [-0.39, 0.29) is 0 Å². The van der Waals surface area contributed by atoms with Gasteiger partial charge in [0.15, 0.2) is 0 Å². The third kappa shape index (κ3) is 5.43. The smallest absolute Gasteiger partial charge is 0.124 e. The van der Waals surface area contributed by atoms with Gasteiger partial charge in [-0.25, -0.2) is 0 Å². The summed E-state index contributed by atoms with van der Waals surface area (Å²) in [6.07, 6.45) is 6.12. The molecule has 0 aromatic heterocycles. The Hall–Kier alpha value is -1.02. The minimum absolute atomic E-state index is 0.583. The molecule has 0 rings (SSSR count). The molecule has 2 heteroatoms. The minimum Gasteiger partial charge on any atom is -0.494 e. The normalized spacial score (nSPS) is 14.3. The second-order valence-corrected chi connectivity index (χ2v) is 3.22. The summed E-state index contributed by atoms with van der Waals surface area (Å²) < 4.78 is 10.7. The van der Waals surface area contributed by atoms with Crippen molar-refractivity contribution >= 4 is 0 Å². The molecule has 2 nitrogen and oxygen atoms in total. The van der Waals surface area contributed by atoms with E-state index in [0.717, 1.165) is 11.3 Å². The number of rotatable bonds is 6. The van der Waals surface area contributed by atoms with Gasteiger partial charge in [0.1, 0.15) is 5.76 Å². The molecule has 86 valence electrons. The quantitative estimate of drug-likeness (QED) is 0.493. The summed E-state index contributed by atoms with van der Waals surface area (Å²) in [5, 5.41) is 0. The summed E-state index contributed by atoms with van der Waals surface area (Å²) in [7, 11) is 1.69. The van der Waals surface area contributed by atoms with Crippen molar-refractivity contribution in [3.05, 3.63) is 35.1 Å². The molecule has 0 fully saturated rings. The largest absolute Gasteiger partial charge is 0.494 e. The first kappa shape index (κ1) is 14.0. The van der Waals surface area contributed by atoms with E-state index in [1.165, 1.54) is 5.57 Å². The first-order valence-electron chi connectivity index (χ1n) is 5.31. The lowest BCUT2D eigenvalue weighted by Gasteiger charge is -2.12. The van der Waals surface area contributed by atoms with Gasteiger partial charge in [-0.2, -0.15) is 0 Å². The number of methoxy groups -OCH3 is 1. The zero-order chi connectivity index (χ0) is 11.7. The standard InChI is InChI=1S/C13H22O2/c1-6-11(4)9-13(15-8-3)12(7-2)10-14-5/h6-7,9H,8,10H2,1-5H3. The Labute approximate surface area is 93.3 Å². The molecule has 0 bridgehead atoms. The Morgan fingerprint density at radius 1 is 1.20 bits per heavy atom. The van der Waals surface area contributed by atoms with Gasteiger partial charge in [-0.15, -0.1) is 0 Å². The van der Waals surface area contributed by atoms with Crippen LogP contribution in [0.5, 0.6) is 0 Å². The van der Waals surface area contributed by atoms with Gasteiger partial charge in [0.25, 0.3) is 0 Å². The van der Waals surface area contributed by atoms with Crippen LogP contribution in [0, 0.1) is 0 Å². The predicted octanol–water partition coefficient (Wildman–Crippen LogP) is 3.47. The highest BCUT2D eigenvalue weighted by Crippen LogP contribution is 2.14. The van der Waals surface area contributed by atoms with Gasteiger partial charge in [-0.05, 0) is 33.8 Å². The Balaban J connectivity index is 4.85. The van der Waals surface area contributed by atoms with Crippen molar-refractivity contribution in [3.63, 3.8) is 0 Å². The summed E-state index contributed by atoms with van der Waals surface area (Å²) >= 11 is 0. The molecule has 0 aliphatic rings. The van der Waals surface area contributed by atoms with Gasteiger partial charge in [0.2, 0.25) is 0 Å². The molecule has 0 heterocycles. The number of ether oxygens (including phenoxy) is 2. The summed E-state index contributed by atoms with van der Waals surface area (Å²) in [4.78, 5) is 0. The average Bonchev–Trinajstić information content (AvgIpc) is 2.25. The molecule has 0 saturated carbocycles. The average molecular weight is 210 g/mol. The first-order valence-corrected chi connectivity index (χ1v) is 5.31. The monoisotopic (exact) mass is 210 g/mol. The molecular weight excluding hydrogens is 188 g/mol. The van der Waals surface area contributed by atoms with Gasteiger partial charge in [-0.1, -0.05) is 17.7 Å². The predicted molar refractivity (Wildman–Crippen MR) is 64.8 cm³/mol. The maximum Gasteiger partial charge on any atom is 0.124 e. The minimum atomic E-state index is 0.583. The summed E-state index contributed by atoms with van der Waals surface area (Å²) in [5.74, 6) is 0.900. The highest BCUT2D eigenvalue weighted by Gasteiger charge is 2.04. The van der Waals surface area contributed by atoms with Gasteiger partial charge in [0.05, 0.1) is 13.2 Å².